The van der Waals surface area contributed by atoms with Gasteiger partial charge in [0.1, 0.15) is 0 Å². The van der Waals surface area contributed by atoms with Gasteiger partial charge < -0.3 is 5.32 Å². The maximum absolute atomic E-state index is 10.9. The Labute approximate surface area is 126 Å². The van der Waals surface area contributed by atoms with Crippen molar-refractivity contribution in [2.24, 2.45) is 5.92 Å². The van der Waals surface area contributed by atoms with Gasteiger partial charge in [0.2, 0.25) is 0 Å². The summed E-state index contributed by atoms with van der Waals surface area (Å²) >= 11 is 0. The maximum atomic E-state index is 10.9. The van der Waals surface area contributed by atoms with Gasteiger partial charge in [0, 0.05) is 18.2 Å². The van der Waals surface area contributed by atoms with E-state index >= 15 is 0 Å². The van der Waals surface area contributed by atoms with Crippen molar-refractivity contribution in [3.8, 4) is 0 Å². The van der Waals surface area contributed by atoms with Crippen molar-refractivity contribution in [2.75, 3.05) is 26.2 Å². The van der Waals surface area contributed by atoms with Crippen LogP contribution in [0.2, 0.25) is 0 Å². The molecule has 1 heterocycles. The van der Waals surface area contributed by atoms with Gasteiger partial charge in [-0.3, -0.25) is 15.0 Å². The molecule has 0 saturated carbocycles. The minimum atomic E-state index is -0.321. The predicted octanol–water partition coefficient (Wildman–Crippen LogP) is 2.98. The second kappa shape index (κ2) is 7.52. The Morgan fingerprint density at radius 3 is 2.76 bits per heavy atom. The van der Waals surface area contributed by atoms with Crippen LogP contribution in [0.4, 0.5) is 5.69 Å². The first-order chi connectivity index (χ1) is 10.1. The molecule has 1 N–H and O–H groups in total. The molecule has 2 rings (SSSR count). The topological polar surface area (TPSA) is 58.4 Å². The van der Waals surface area contributed by atoms with Crippen molar-refractivity contribution >= 4 is 5.69 Å². The minimum Gasteiger partial charge on any atom is -0.317 e. The molecule has 1 aliphatic heterocycles. The van der Waals surface area contributed by atoms with Gasteiger partial charge in [-0.15, -0.1) is 0 Å². The van der Waals surface area contributed by atoms with E-state index in [1.54, 1.807) is 18.2 Å². The largest absolute Gasteiger partial charge is 0.317 e. The highest BCUT2D eigenvalue weighted by molar-refractivity contribution is 5.35. The van der Waals surface area contributed by atoms with Gasteiger partial charge in [0.25, 0.3) is 5.69 Å². The highest BCUT2D eigenvalue weighted by Gasteiger charge is 2.24. The number of nitro benzene ring substituents is 1. The second-order valence-electron chi connectivity index (χ2n) is 5.82. The van der Waals surface area contributed by atoms with Crippen molar-refractivity contribution in [2.45, 2.75) is 32.7 Å². The first-order valence-corrected chi connectivity index (χ1v) is 7.81. The number of hydrogen-bond donors (Lipinski definition) is 1. The van der Waals surface area contributed by atoms with Gasteiger partial charge in [-0.05, 0) is 57.4 Å². The molecule has 0 bridgehead atoms. The first-order valence-electron chi connectivity index (χ1n) is 7.81. The number of nitro groups is 1. The molecule has 116 valence electrons. The fourth-order valence-corrected chi connectivity index (χ4v) is 3.00. The van der Waals surface area contributed by atoms with Crippen LogP contribution in [-0.2, 0) is 0 Å². The molecular formula is C16H25N3O2. The van der Waals surface area contributed by atoms with Crippen LogP contribution in [0.25, 0.3) is 0 Å². The summed E-state index contributed by atoms with van der Waals surface area (Å²) in [6, 6.07) is 7.27. The lowest BCUT2D eigenvalue weighted by Crippen LogP contribution is -2.38. The van der Waals surface area contributed by atoms with E-state index in [1.165, 1.54) is 12.8 Å². The number of likely N-dealkylation sites (tertiary alicyclic amines) is 1. The number of nitrogens with zero attached hydrogens (tertiary/aromatic N) is 2. The SMILES string of the molecule is CCNCC1CCN(C(C)c2cccc([N+](=O)[O-])c2)CC1. The van der Waals surface area contributed by atoms with Crippen LogP contribution in [0.5, 0.6) is 0 Å². The Hall–Kier alpha value is -1.46. The summed E-state index contributed by atoms with van der Waals surface area (Å²) in [6.45, 7) is 8.56. The van der Waals surface area contributed by atoms with E-state index in [4.69, 9.17) is 0 Å². The summed E-state index contributed by atoms with van der Waals surface area (Å²) in [6.07, 6.45) is 2.40. The standard InChI is InChI=1S/C16H25N3O2/c1-3-17-12-14-7-9-18(10-8-14)13(2)15-5-4-6-16(11-15)19(20)21/h4-6,11,13-14,17H,3,7-10,12H2,1-2H3. The van der Waals surface area contributed by atoms with Crippen molar-refractivity contribution < 1.29 is 4.92 Å². The molecule has 0 spiro atoms. The average molecular weight is 291 g/mol. The van der Waals surface area contributed by atoms with Gasteiger partial charge >= 0.3 is 0 Å². The lowest BCUT2D eigenvalue weighted by Gasteiger charge is -2.36. The fraction of sp³-hybridized carbons (Fsp3) is 0.625. The molecule has 0 aromatic heterocycles. The van der Waals surface area contributed by atoms with Gasteiger partial charge in [-0.25, -0.2) is 0 Å². The van der Waals surface area contributed by atoms with E-state index in [0.29, 0.717) is 0 Å². The summed E-state index contributed by atoms with van der Waals surface area (Å²) in [7, 11) is 0. The zero-order valence-corrected chi connectivity index (χ0v) is 12.9. The summed E-state index contributed by atoms with van der Waals surface area (Å²) in [5, 5.41) is 14.3. The van der Waals surface area contributed by atoms with E-state index < -0.39 is 0 Å². The third kappa shape index (κ3) is 4.25. The van der Waals surface area contributed by atoms with Crippen LogP contribution in [0.15, 0.2) is 24.3 Å². The second-order valence-corrected chi connectivity index (χ2v) is 5.82. The molecule has 1 fully saturated rings. The van der Waals surface area contributed by atoms with Crippen molar-refractivity contribution in [3.63, 3.8) is 0 Å². The van der Waals surface area contributed by atoms with Gasteiger partial charge in [-0.1, -0.05) is 19.1 Å². The molecule has 21 heavy (non-hydrogen) atoms. The highest BCUT2D eigenvalue weighted by atomic mass is 16.6. The Morgan fingerprint density at radius 2 is 2.14 bits per heavy atom. The van der Waals surface area contributed by atoms with E-state index in [-0.39, 0.29) is 16.7 Å². The number of piperidine rings is 1. The normalized spacial score (nSPS) is 18.6. The number of hydrogen-bond acceptors (Lipinski definition) is 4. The van der Waals surface area contributed by atoms with Gasteiger partial charge in [-0.2, -0.15) is 0 Å². The molecule has 1 saturated heterocycles. The Balaban J connectivity index is 1.94. The van der Waals surface area contributed by atoms with Crippen LogP contribution in [-0.4, -0.2) is 36.0 Å². The monoisotopic (exact) mass is 291 g/mol. The van der Waals surface area contributed by atoms with Crippen LogP contribution in [0.1, 0.15) is 38.3 Å². The fourth-order valence-electron chi connectivity index (χ4n) is 3.00. The number of rotatable bonds is 6. The molecule has 1 atom stereocenters. The summed E-state index contributed by atoms with van der Waals surface area (Å²) in [5.41, 5.74) is 1.22. The maximum Gasteiger partial charge on any atom is 0.269 e. The molecule has 1 aliphatic rings. The number of benzene rings is 1. The van der Waals surface area contributed by atoms with E-state index in [0.717, 1.165) is 37.7 Å². The van der Waals surface area contributed by atoms with Crippen LogP contribution < -0.4 is 5.32 Å². The Morgan fingerprint density at radius 1 is 1.43 bits per heavy atom. The molecule has 5 heteroatoms. The number of non-ortho nitro benzene ring substituents is 1. The molecule has 0 radical (unpaired) electrons. The Bertz CT molecular complexity index is 470. The van der Waals surface area contributed by atoms with Crippen LogP contribution >= 0.6 is 0 Å². The lowest BCUT2D eigenvalue weighted by atomic mass is 9.94. The molecular weight excluding hydrogens is 266 g/mol. The Kier molecular flexibility index (Phi) is 5.70. The third-order valence-corrected chi connectivity index (χ3v) is 4.44. The van der Waals surface area contributed by atoms with E-state index in [2.05, 4.69) is 24.1 Å². The molecule has 1 aromatic rings. The van der Waals surface area contributed by atoms with Crippen molar-refractivity contribution in [3.05, 3.63) is 39.9 Å². The van der Waals surface area contributed by atoms with Crippen LogP contribution in [0.3, 0.4) is 0 Å². The molecule has 5 nitrogen and oxygen atoms in total. The molecule has 1 unspecified atom stereocenters. The van der Waals surface area contributed by atoms with Crippen molar-refractivity contribution in [1.29, 1.82) is 0 Å². The van der Waals surface area contributed by atoms with Crippen LogP contribution in [0, 0.1) is 16.0 Å². The smallest absolute Gasteiger partial charge is 0.269 e. The summed E-state index contributed by atoms with van der Waals surface area (Å²) in [4.78, 5) is 13.0. The summed E-state index contributed by atoms with van der Waals surface area (Å²) in [5.74, 6) is 0.763. The van der Waals surface area contributed by atoms with E-state index in [9.17, 15) is 10.1 Å². The summed E-state index contributed by atoms with van der Waals surface area (Å²) < 4.78 is 0. The zero-order valence-electron chi connectivity index (χ0n) is 12.9. The predicted molar refractivity (Wildman–Crippen MR) is 84.4 cm³/mol. The number of nitrogens with one attached hydrogen (secondary N) is 1. The van der Waals surface area contributed by atoms with Gasteiger partial charge in [0.05, 0.1) is 4.92 Å². The average Bonchev–Trinajstić information content (AvgIpc) is 2.53. The minimum absolute atomic E-state index is 0.182. The van der Waals surface area contributed by atoms with Gasteiger partial charge in [0.15, 0.2) is 0 Å². The van der Waals surface area contributed by atoms with Crippen molar-refractivity contribution in [1.82, 2.24) is 10.2 Å². The highest BCUT2D eigenvalue weighted by Crippen LogP contribution is 2.28. The molecule has 0 amide bonds. The quantitative estimate of drug-likeness (QED) is 0.646. The lowest BCUT2D eigenvalue weighted by molar-refractivity contribution is -0.385. The molecule has 1 aromatic carbocycles. The first kappa shape index (κ1) is 15.9. The third-order valence-electron chi connectivity index (χ3n) is 4.44. The molecule has 0 aliphatic carbocycles. The zero-order chi connectivity index (χ0) is 15.2. The van der Waals surface area contributed by atoms with E-state index in [1.807, 2.05) is 6.07 Å².